The second-order valence-electron chi connectivity index (χ2n) is 7.00. The molecule has 0 aliphatic heterocycles. The zero-order chi connectivity index (χ0) is 19.6. The van der Waals surface area contributed by atoms with Gasteiger partial charge >= 0.3 is 0 Å². The fraction of sp³-hybridized carbons (Fsp3) is 0.600. The first kappa shape index (κ1) is 25.2. The lowest BCUT2D eigenvalue weighted by atomic mass is 9.93. The van der Waals surface area contributed by atoms with Crippen molar-refractivity contribution in [3.8, 4) is 0 Å². The normalized spacial score (nSPS) is 19.5. The number of aliphatic hydroxyl groups excluding tert-OH is 1. The molecule has 0 radical (unpaired) electrons. The summed E-state index contributed by atoms with van der Waals surface area (Å²) in [7, 11) is 1.82. The van der Waals surface area contributed by atoms with Crippen LogP contribution in [-0.4, -0.2) is 54.2 Å². The van der Waals surface area contributed by atoms with Gasteiger partial charge in [-0.05, 0) is 44.2 Å². The third kappa shape index (κ3) is 8.65. The number of guanidine groups is 1. The molecular formula is C20H32BrIN4O2. The van der Waals surface area contributed by atoms with Crippen molar-refractivity contribution in [2.75, 3.05) is 20.1 Å². The minimum atomic E-state index is -0.166. The number of amides is 1. The molecule has 0 saturated heterocycles. The lowest BCUT2D eigenvalue weighted by molar-refractivity contribution is -0.130. The Kier molecular flexibility index (Phi) is 12.0. The van der Waals surface area contributed by atoms with Gasteiger partial charge in [0.1, 0.15) is 0 Å². The first-order valence-electron chi connectivity index (χ1n) is 9.69. The van der Waals surface area contributed by atoms with Gasteiger partial charge in [-0.1, -0.05) is 34.1 Å². The van der Waals surface area contributed by atoms with Gasteiger partial charge in [-0.3, -0.25) is 9.79 Å². The van der Waals surface area contributed by atoms with Gasteiger partial charge in [0.25, 0.3) is 0 Å². The Morgan fingerprint density at radius 3 is 2.61 bits per heavy atom. The quantitative estimate of drug-likeness (QED) is 0.269. The van der Waals surface area contributed by atoms with Gasteiger partial charge in [-0.15, -0.1) is 24.0 Å². The second-order valence-corrected chi connectivity index (χ2v) is 7.86. The van der Waals surface area contributed by atoms with Gasteiger partial charge in [0, 0.05) is 37.1 Å². The smallest absolute Gasteiger partial charge is 0.224 e. The van der Waals surface area contributed by atoms with E-state index in [4.69, 9.17) is 0 Å². The SMILES string of the molecule is CCNC(=NCCC(=O)N(C)Cc1ccccc1Br)NC1CCC(O)CC1.I. The van der Waals surface area contributed by atoms with Crippen LogP contribution in [0.2, 0.25) is 0 Å². The largest absolute Gasteiger partial charge is 0.393 e. The Morgan fingerprint density at radius 2 is 1.96 bits per heavy atom. The van der Waals surface area contributed by atoms with Gasteiger partial charge in [0.2, 0.25) is 5.91 Å². The minimum absolute atomic E-state index is 0. The summed E-state index contributed by atoms with van der Waals surface area (Å²) in [5.74, 6) is 0.825. The van der Waals surface area contributed by atoms with E-state index in [0.717, 1.165) is 48.2 Å². The van der Waals surface area contributed by atoms with Crippen LogP contribution in [0.1, 0.15) is 44.6 Å². The van der Waals surface area contributed by atoms with Gasteiger partial charge in [-0.2, -0.15) is 0 Å². The summed E-state index contributed by atoms with van der Waals surface area (Å²) in [6, 6.07) is 8.27. The predicted octanol–water partition coefficient (Wildman–Crippen LogP) is 3.27. The number of aliphatic hydroxyl groups is 1. The molecule has 8 heteroatoms. The van der Waals surface area contributed by atoms with Crippen LogP contribution in [0.25, 0.3) is 0 Å². The van der Waals surface area contributed by atoms with E-state index in [0.29, 0.717) is 25.6 Å². The van der Waals surface area contributed by atoms with Gasteiger partial charge in [-0.25, -0.2) is 0 Å². The van der Waals surface area contributed by atoms with Crippen molar-refractivity contribution in [2.45, 2.75) is 57.7 Å². The van der Waals surface area contributed by atoms with E-state index >= 15 is 0 Å². The number of nitrogens with one attached hydrogen (secondary N) is 2. The van der Waals surface area contributed by atoms with Crippen LogP contribution >= 0.6 is 39.9 Å². The topological polar surface area (TPSA) is 77.0 Å². The first-order valence-corrected chi connectivity index (χ1v) is 10.5. The van der Waals surface area contributed by atoms with Crippen LogP contribution in [-0.2, 0) is 11.3 Å². The van der Waals surface area contributed by atoms with E-state index in [2.05, 4.69) is 31.6 Å². The van der Waals surface area contributed by atoms with Gasteiger partial charge in [0.15, 0.2) is 5.96 Å². The number of nitrogens with zero attached hydrogens (tertiary/aromatic N) is 2. The summed E-state index contributed by atoms with van der Waals surface area (Å²) in [4.78, 5) is 18.7. The monoisotopic (exact) mass is 566 g/mol. The van der Waals surface area contributed by atoms with E-state index in [1.54, 1.807) is 4.90 Å². The van der Waals surface area contributed by atoms with Crippen molar-refractivity contribution in [1.82, 2.24) is 15.5 Å². The second kappa shape index (κ2) is 13.4. The molecule has 0 bridgehead atoms. The molecule has 0 spiro atoms. The summed E-state index contributed by atoms with van der Waals surface area (Å²) in [6.45, 7) is 3.83. The average Bonchev–Trinajstić information content (AvgIpc) is 2.65. The van der Waals surface area contributed by atoms with Crippen molar-refractivity contribution in [3.05, 3.63) is 34.3 Å². The molecule has 1 amide bonds. The molecule has 1 aromatic carbocycles. The number of aliphatic imine (C=N–C) groups is 1. The molecule has 0 heterocycles. The molecule has 1 saturated carbocycles. The molecule has 3 N–H and O–H groups in total. The fourth-order valence-electron chi connectivity index (χ4n) is 3.16. The van der Waals surface area contributed by atoms with Gasteiger partial charge in [0.05, 0.1) is 12.6 Å². The lowest BCUT2D eigenvalue weighted by Crippen LogP contribution is -2.45. The standard InChI is InChI=1S/C20H31BrN4O2.HI/c1-3-22-20(24-16-8-10-17(26)11-9-16)23-13-12-19(27)25(2)14-15-6-4-5-7-18(15)21;/h4-7,16-17,26H,3,8-14H2,1-2H3,(H2,22,23,24);1H. The Hall–Kier alpha value is -0.870. The molecule has 0 unspecified atom stereocenters. The summed E-state index contributed by atoms with van der Waals surface area (Å²) in [5, 5.41) is 16.3. The first-order chi connectivity index (χ1) is 13.0. The Labute approximate surface area is 193 Å². The predicted molar refractivity (Wildman–Crippen MR) is 128 cm³/mol. The van der Waals surface area contributed by atoms with Crippen LogP contribution in [0.15, 0.2) is 33.7 Å². The maximum atomic E-state index is 12.4. The Bertz CT molecular complexity index is 636. The molecular weight excluding hydrogens is 535 g/mol. The number of carbonyl (C=O) groups is 1. The van der Waals surface area contributed by atoms with Crippen LogP contribution in [0.5, 0.6) is 0 Å². The number of rotatable bonds is 7. The number of carbonyl (C=O) groups excluding carboxylic acids is 1. The van der Waals surface area contributed by atoms with Crippen LogP contribution < -0.4 is 10.6 Å². The fourth-order valence-corrected chi connectivity index (χ4v) is 3.57. The maximum Gasteiger partial charge on any atom is 0.224 e. The lowest BCUT2D eigenvalue weighted by Gasteiger charge is -2.27. The molecule has 2 rings (SSSR count). The van der Waals surface area contributed by atoms with E-state index < -0.39 is 0 Å². The average molecular weight is 567 g/mol. The summed E-state index contributed by atoms with van der Waals surface area (Å²) < 4.78 is 1.01. The molecule has 0 atom stereocenters. The highest BCUT2D eigenvalue weighted by atomic mass is 127. The summed E-state index contributed by atoms with van der Waals surface area (Å²) in [5.41, 5.74) is 1.09. The van der Waals surface area contributed by atoms with Crippen molar-refractivity contribution < 1.29 is 9.90 Å². The molecule has 1 aliphatic rings. The van der Waals surface area contributed by atoms with E-state index in [9.17, 15) is 9.90 Å². The molecule has 0 aromatic heterocycles. The van der Waals surface area contributed by atoms with Crippen molar-refractivity contribution in [2.24, 2.45) is 4.99 Å². The van der Waals surface area contributed by atoms with E-state index in [1.807, 2.05) is 38.2 Å². The highest BCUT2D eigenvalue weighted by Gasteiger charge is 2.20. The zero-order valence-electron chi connectivity index (χ0n) is 16.7. The third-order valence-corrected chi connectivity index (χ3v) is 5.54. The molecule has 1 fully saturated rings. The third-order valence-electron chi connectivity index (χ3n) is 4.77. The summed E-state index contributed by atoms with van der Waals surface area (Å²) >= 11 is 3.52. The van der Waals surface area contributed by atoms with Crippen LogP contribution in [0, 0.1) is 0 Å². The molecule has 158 valence electrons. The Morgan fingerprint density at radius 1 is 1.29 bits per heavy atom. The van der Waals surface area contributed by atoms with Crippen molar-refractivity contribution in [1.29, 1.82) is 0 Å². The molecule has 1 aromatic rings. The van der Waals surface area contributed by atoms with Crippen molar-refractivity contribution >= 4 is 51.8 Å². The number of hydrogen-bond donors (Lipinski definition) is 3. The summed E-state index contributed by atoms with van der Waals surface area (Å²) in [6.07, 6.45) is 3.75. The molecule has 1 aliphatic carbocycles. The van der Waals surface area contributed by atoms with Gasteiger partial charge < -0.3 is 20.6 Å². The Balaban J connectivity index is 0.00000392. The zero-order valence-corrected chi connectivity index (χ0v) is 20.6. The maximum absolute atomic E-state index is 12.4. The molecule has 6 nitrogen and oxygen atoms in total. The molecule has 28 heavy (non-hydrogen) atoms. The van der Waals surface area contributed by atoms with E-state index in [-0.39, 0.29) is 36.0 Å². The van der Waals surface area contributed by atoms with Crippen LogP contribution in [0.3, 0.4) is 0 Å². The number of benzene rings is 1. The van der Waals surface area contributed by atoms with Crippen molar-refractivity contribution in [3.63, 3.8) is 0 Å². The highest BCUT2D eigenvalue weighted by Crippen LogP contribution is 2.18. The number of hydrogen-bond acceptors (Lipinski definition) is 3. The highest BCUT2D eigenvalue weighted by molar-refractivity contribution is 14.0. The van der Waals surface area contributed by atoms with Crippen LogP contribution in [0.4, 0.5) is 0 Å². The minimum Gasteiger partial charge on any atom is -0.393 e. The number of halogens is 2. The van der Waals surface area contributed by atoms with E-state index in [1.165, 1.54) is 0 Å².